The molecule has 25 aromatic carbocycles. The minimum Gasteiger partial charge on any atom is -1.00 e. The Bertz CT molecular complexity index is 9470. The monoisotopic (exact) mass is 1910 g/mol. The normalized spacial score (nSPS) is 13.7. The maximum absolute atomic E-state index is 13.9. The van der Waals surface area contributed by atoms with Crippen molar-refractivity contribution in [2.45, 2.75) is 11.2 Å². The fourth-order valence-corrected chi connectivity index (χ4v) is 22.8. The minimum absolute atomic E-state index is 0. The molecule has 0 radical (unpaired) electrons. The van der Waals surface area contributed by atoms with E-state index in [0.29, 0.717) is 44.5 Å². The first kappa shape index (κ1) is 94.7. The van der Waals surface area contributed by atoms with Crippen LogP contribution in [0.3, 0.4) is 0 Å². The van der Waals surface area contributed by atoms with Gasteiger partial charge in [0.1, 0.15) is 11.2 Å². The number of hydrogen-bond acceptors (Lipinski definition) is 4. The predicted molar refractivity (Wildman–Crippen MR) is 608 cm³/mol. The van der Waals surface area contributed by atoms with Gasteiger partial charge in [0, 0.05) is 60.0 Å². The Kier molecular flexibility index (Phi) is 26.0. The van der Waals surface area contributed by atoms with Crippen molar-refractivity contribution < 1.29 is 77.8 Å². The Morgan fingerprint density at radius 2 is 0.385 bits per heavy atom. The van der Waals surface area contributed by atoms with Crippen LogP contribution in [-0.4, -0.2) is 21.8 Å². The van der Waals surface area contributed by atoms with Crippen LogP contribution in [0.4, 0.5) is 0 Å². The molecule has 2 unspecified atom stereocenters. The molecule has 0 fully saturated rings. The van der Waals surface area contributed by atoms with Crippen LogP contribution >= 0.6 is 0 Å². The molecule has 0 saturated carbocycles. The van der Waals surface area contributed by atoms with Gasteiger partial charge in [-0.3, -0.25) is 9.59 Å². The minimum atomic E-state index is -1.64. The van der Waals surface area contributed by atoms with E-state index in [4.69, 9.17) is 0 Å². The maximum atomic E-state index is 13.9. The SMILES string of the molecule is O=C1c2ccccc2C(=O)c2cc(-c3ccccc3-c3ccccc3)ccc21.OC1(c2cccc(-c3cccc4ccccc34)c2)c2ccccc2C(O)(c2cccc(-c3cccc4ccccc34)c2)c2cc(-c3ccccc3-c3ccccc3)ccc21.[Ar].[H-].[Li+].c1ccc(-c2ccccc2-c2ccc3c(-c4cccc(-c5cccc6ccccc56)c4)c4ccccc4c(-c4cccc(-c5cccc6ccccc56)c4)c3c2)cc1. The van der Waals surface area contributed by atoms with Crippen LogP contribution < -0.4 is 18.9 Å². The third-order valence-electron chi connectivity index (χ3n) is 29.7. The molecule has 27 rings (SSSR count). The van der Waals surface area contributed by atoms with Gasteiger partial charge < -0.3 is 11.6 Å². The number of benzene rings is 25. The van der Waals surface area contributed by atoms with E-state index in [1.807, 2.05) is 109 Å². The van der Waals surface area contributed by atoms with Gasteiger partial charge in [-0.1, -0.05) is 510 Å². The molecule has 0 aromatic heterocycles. The number of ketones is 2. The number of fused-ring (bicyclic) bond motifs is 10. The van der Waals surface area contributed by atoms with Crippen LogP contribution in [0.5, 0.6) is 0 Å². The Hall–Kier alpha value is -16.8. The van der Waals surface area contributed by atoms with Crippen molar-refractivity contribution in [1.29, 1.82) is 0 Å². The predicted octanol–water partition coefficient (Wildman–Crippen LogP) is 32.8. The van der Waals surface area contributed by atoms with E-state index in [1.54, 1.807) is 30.3 Å². The van der Waals surface area contributed by atoms with E-state index in [-0.39, 0.29) is 69.6 Å². The molecule has 4 nitrogen and oxygen atoms in total. The molecule has 2 aliphatic rings. The van der Waals surface area contributed by atoms with Crippen molar-refractivity contribution in [3.8, 4) is 134 Å². The van der Waals surface area contributed by atoms with E-state index < -0.39 is 11.2 Å². The molecule has 0 spiro atoms. The molecule has 0 saturated heterocycles. The van der Waals surface area contributed by atoms with Gasteiger partial charge in [-0.15, -0.1) is 0 Å². The van der Waals surface area contributed by atoms with Gasteiger partial charge in [-0.2, -0.15) is 0 Å². The summed E-state index contributed by atoms with van der Waals surface area (Å²) in [6.45, 7) is 0. The van der Waals surface area contributed by atoms with E-state index in [0.717, 1.165) is 99.4 Å². The van der Waals surface area contributed by atoms with Gasteiger partial charge in [-0.25, -0.2) is 0 Å². The molecule has 0 bridgehead atoms. The summed E-state index contributed by atoms with van der Waals surface area (Å²) in [4.78, 5) is 25.9. The van der Waals surface area contributed by atoms with E-state index in [9.17, 15) is 19.8 Å². The molecule has 0 amide bonds. The molecule has 2 atom stereocenters. The van der Waals surface area contributed by atoms with Crippen molar-refractivity contribution in [2.75, 3.05) is 0 Å². The maximum Gasteiger partial charge on any atom is 1.00 e. The van der Waals surface area contributed by atoms with Gasteiger partial charge in [0.2, 0.25) is 0 Å². The standard InChI is InChI=1S/C58H40O2.C58H38.C26H16O2.Ar.Li.H/c59-57(45-24-12-22-42(36-45)51-30-14-20-40-18-4-6-26-48(40)51)53-32-10-11-33-54(53)58(60,46-25-13-23-43(37-46)52-31-15-21-41-19-5-7-27-49(41)52)56-38-44(34-35-55(56)57)50-29-9-8-28-47(50)39-16-2-1-3-17-39;1-2-16-39(17-3-1)47-28-8-9-29-50(47)44-34-35-55-56(38-44)58(46-25-13-23-43(37-46)52-33-15-21-41-19-5-7-27-49(41)52)54-31-11-10-30-53(54)57(55)45-24-12-22-42(36-45)51-32-14-20-40-18-4-6-26-48(40)51;27-25-21-12-6-7-13-22(21)26(28)24-16-18(14-15-23(24)25)20-11-5-4-10-19(20)17-8-2-1-3-9-17;;;/h1-38,59-60H;1-38H;1-16H;;;/q;;;;+1;-1. The molecule has 0 heterocycles. The average molecular weight is 1910 g/mol. The number of rotatable bonds is 14. The molecule has 696 valence electrons. The van der Waals surface area contributed by atoms with Gasteiger partial charge in [0.15, 0.2) is 11.6 Å². The second kappa shape index (κ2) is 40.6. The summed E-state index contributed by atoms with van der Waals surface area (Å²) < 4.78 is 0. The topological polar surface area (TPSA) is 74.6 Å². The molecule has 6 heteroatoms. The second-order valence-corrected chi connectivity index (χ2v) is 37.9. The van der Waals surface area contributed by atoms with Crippen molar-refractivity contribution in [3.05, 3.63) is 614 Å². The Labute approximate surface area is 904 Å². The molecule has 2 aliphatic carbocycles. The Morgan fingerprint density at radius 1 is 0.149 bits per heavy atom. The smallest absolute Gasteiger partial charge is 1.00 e. The van der Waals surface area contributed by atoms with Crippen molar-refractivity contribution in [3.63, 3.8) is 0 Å². The molecule has 148 heavy (non-hydrogen) atoms. The van der Waals surface area contributed by atoms with Crippen LogP contribution in [0.2, 0.25) is 0 Å². The molecular formula is C142H95ArLiO4. The fourth-order valence-electron chi connectivity index (χ4n) is 22.8. The zero-order valence-corrected chi connectivity index (χ0v) is 81.9. The Balaban J connectivity index is 0.000000133. The first-order valence-corrected chi connectivity index (χ1v) is 49.8. The van der Waals surface area contributed by atoms with Crippen LogP contribution in [0.1, 0.15) is 66.7 Å². The summed E-state index contributed by atoms with van der Waals surface area (Å²) in [5.74, 6) is -0.183. The van der Waals surface area contributed by atoms with Crippen LogP contribution in [0, 0.1) is 37.7 Å². The van der Waals surface area contributed by atoms with Crippen LogP contribution in [0.15, 0.2) is 558 Å². The quantitative estimate of drug-likeness (QED) is 0.0840. The largest absolute Gasteiger partial charge is 1.00 e. The zero-order valence-electron chi connectivity index (χ0n) is 82.2. The van der Waals surface area contributed by atoms with Crippen LogP contribution in [-0.2, 0) is 11.2 Å². The van der Waals surface area contributed by atoms with Gasteiger partial charge in [-0.05, 0) is 280 Å². The second-order valence-electron chi connectivity index (χ2n) is 37.9. The van der Waals surface area contributed by atoms with Crippen LogP contribution in [0.25, 0.3) is 198 Å². The van der Waals surface area contributed by atoms with Crippen molar-refractivity contribution in [1.82, 2.24) is 0 Å². The van der Waals surface area contributed by atoms with Gasteiger partial charge >= 0.3 is 18.9 Å². The summed E-state index contributed by atoms with van der Waals surface area (Å²) in [5.41, 5.74) is 29.9. The third-order valence-corrected chi connectivity index (χ3v) is 29.7. The average Bonchev–Trinajstić information content (AvgIpc) is 0.686. The number of aliphatic hydroxyl groups is 2. The first-order chi connectivity index (χ1) is 72.0. The van der Waals surface area contributed by atoms with Gasteiger partial charge in [0.25, 0.3) is 0 Å². The fraction of sp³-hybridized carbons (Fsp3) is 0.0141. The summed E-state index contributed by atoms with van der Waals surface area (Å²) in [5, 5.41) is 42.2. The van der Waals surface area contributed by atoms with Crippen molar-refractivity contribution in [2.24, 2.45) is 0 Å². The summed E-state index contributed by atoms with van der Waals surface area (Å²) in [6.07, 6.45) is 0. The molecule has 25 aromatic rings. The summed E-state index contributed by atoms with van der Waals surface area (Å²) in [6, 6.07) is 195. The molecule has 2 N–H and O–H groups in total. The van der Waals surface area contributed by atoms with Crippen molar-refractivity contribution >= 4 is 76.2 Å². The Morgan fingerprint density at radius 3 is 0.791 bits per heavy atom. The third kappa shape index (κ3) is 17.1. The molecular weight excluding hydrogens is 1820 g/mol. The number of carbonyl (C=O) groups excluding carboxylic acids is 2. The zero-order chi connectivity index (χ0) is 97.8. The number of hydrogen-bond donors (Lipinski definition) is 2. The van der Waals surface area contributed by atoms with E-state index in [1.165, 1.54) is 110 Å². The number of carbonyl (C=O) groups is 2. The van der Waals surface area contributed by atoms with E-state index >= 15 is 0 Å². The summed E-state index contributed by atoms with van der Waals surface area (Å²) in [7, 11) is 0. The first-order valence-electron chi connectivity index (χ1n) is 49.8. The summed E-state index contributed by atoms with van der Waals surface area (Å²) >= 11 is 0. The van der Waals surface area contributed by atoms with E-state index in [2.05, 4.69) is 419 Å². The molecule has 0 aliphatic heterocycles. The van der Waals surface area contributed by atoms with Gasteiger partial charge in [0.05, 0.1) is 0 Å².